The molecule has 1 saturated heterocycles. The highest BCUT2D eigenvalue weighted by molar-refractivity contribution is 7.92. The fraction of sp³-hybridized carbons (Fsp3) is 0.278. The molecule has 1 heterocycles. The quantitative estimate of drug-likeness (QED) is 0.875. The summed E-state index contributed by atoms with van der Waals surface area (Å²) >= 11 is 6.03. The van der Waals surface area contributed by atoms with Gasteiger partial charge < -0.3 is 4.90 Å². The van der Waals surface area contributed by atoms with Gasteiger partial charge >= 0.3 is 0 Å². The first kappa shape index (κ1) is 17.8. The van der Waals surface area contributed by atoms with Crippen molar-refractivity contribution in [1.82, 2.24) is 0 Å². The van der Waals surface area contributed by atoms with Crippen molar-refractivity contribution in [2.45, 2.75) is 31.1 Å². The van der Waals surface area contributed by atoms with Gasteiger partial charge in [-0.1, -0.05) is 23.7 Å². The Bertz CT molecular complexity index is 912. The van der Waals surface area contributed by atoms with E-state index < -0.39 is 10.0 Å². The Balaban J connectivity index is 1.89. The molecule has 1 aliphatic heterocycles. The molecule has 0 atom stereocenters. The van der Waals surface area contributed by atoms with Crippen LogP contribution < -0.4 is 9.62 Å². The molecule has 1 aliphatic rings. The first-order valence-electron chi connectivity index (χ1n) is 8.07. The van der Waals surface area contributed by atoms with Crippen LogP contribution in [0.4, 0.5) is 11.4 Å². The second kappa shape index (κ2) is 7.06. The zero-order valence-electron chi connectivity index (χ0n) is 13.8. The highest BCUT2D eigenvalue weighted by Gasteiger charge is 2.21. The van der Waals surface area contributed by atoms with Gasteiger partial charge in [-0.2, -0.15) is 0 Å². The lowest BCUT2D eigenvalue weighted by Gasteiger charge is -2.27. The third-order valence-corrected chi connectivity index (χ3v) is 6.18. The summed E-state index contributed by atoms with van der Waals surface area (Å²) in [5, 5.41) is 0.399. The van der Waals surface area contributed by atoms with E-state index in [9.17, 15) is 13.2 Å². The van der Waals surface area contributed by atoms with E-state index in [2.05, 4.69) is 4.72 Å². The molecule has 3 rings (SSSR count). The maximum absolute atomic E-state index is 12.7. The fourth-order valence-corrected chi connectivity index (χ4v) is 4.45. The number of nitrogens with zero attached hydrogens (tertiary/aromatic N) is 1. The predicted octanol–water partition coefficient (Wildman–Crippen LogP) is 3.97. The smallest absolute Gasteiger partial charge is 0.262 e. The third kappa shape index (κ3) is 3.80. The Morgan fingerprint density at radius 3 is 2.64 bits per heavy atom. The van der Waals surface area contributed by atoms with Gasteiger partial charge in [-0.3, -0.25) is 9.52 Å². The van der Waals surface area contributed by atoms with Gasteiger partial charge in [0.2, 0.25) is 5.91 Å². The van der Waals surface area contributed by atoms with E-state index in [4.69, 9.17) is 11.6 Å². The van der Waals surface area contributed by atoms with Crippen molar-refractivity contribution < 1.29 is 13.2 Å². The van der Waals surface area contributed by atoms with Crippen LogP contribution in [-0.4, -0.2) is 20.9 Å². The van der Waals surface area contributed by atoms with Crippen LogP contribution in [0.3, 0.4) is 0 Å². The zero-order chi connectivity index (χ0) is 18.0. The van der Waals surface area contributed by atoms with E-state index in [-0.39, 0.29) is 10.8 Å². The summed E-state index contributed by atoms with van der Waals surface area (Å²) in [6, 6.07) is 11.7. The van der Waals surface area contributed by atoms with Crippen LogP contribution in [-0.2, 0) is 14.8 Å². The number of rotatable bonds is 4. The van der Waals surface area contributed by atoms with Crippen LogP contribution in [0.1, 0.15) is 24.8 Å². The van der Waals surface area contributed by atoms with Crippen molar-refractivity contribution in [2.75, 3.05) is 16.2 Å². The largest absolute Gasteiger partial charge is 0.312 e. The topological polar surface area (TPSA) is 66.5 Å². The van der Waals surface area contributed by atoms with E-state index >= 15 is 0 Å². The normalized spacial score (nSPS) is 15.3. The molecule has 0 radical (unpaired) electrons. The molecule has 1 amide bonds. The highest BCUT2D eigenvalue weighted by atomic mass is 35.5. The van der Waals surface area contributed by atoms with Crippen LogP contribution in [0.25, 0.3) is 0 Å². The summed E-state index contributed by atoms with van der Waals surface area (Å²) in [4.78, 5) is 13.9. The fourth-order valence-electron chi connectivity index (χ4n) is 2.91. The first-order chi connectivity index (χ1) is 11.9. The summed E-state index contributed by atoms with van der Waals surface area (Å²) in [6.07, 6.45) is 2.37. The Morgan fingerprint density at radius 2 is 1.88 bits per heavy atom. The number of anilines is 2. The number of piperidine rings is 1. The van der Waals surface area contributed by atoms with E-state index in [1.807, 2.05) is 6.07 Å². The second-order valence-electron chi connectivity index (χ2n) is 6.02. The van der Waals surface area contributed by atoms with Crippen molar-refractivity contribution in [1.29, 1.82) is 0 Å². The molecule has 0 bridgehead atoms. The van der Waals surface area contributed by atoms with Crippen molar-refractivity contribution in [3.8, 4) is 0 Å². The van der Waals surface area contributed by atoms with E-state index in [1.54, 1.807) is 42.2 Å². The molecular formula is C18H19ClN2O3S. The maximum atomic E-state index is 12.7. The minimum Gasteiger partial charge on any atom is -0.312 e. The molecule has 0 saturated carbocycles. The Labute approximate surface area is 152 Å². The Kier molecular flexibility index (Phi) is 5.01. The molecule has 25 heavy (non-hydrogen) atoms. The van der Waals surface area contributed by atoms with Gasteiger partial charge in [0.15, 0.2) is 0 Å². The Morgan fingerprint density at radius 1 is 1.12 bits per heavy atom. The average molecular weight is 379 g/mol. The number of hydrogen-bond donors (Lipinski definition) is 1. The van der Waals surface area contributed by atoms with Gasteiger partial charge in [0.05, 0.1) is 10.6 Å². The molecular weight excluding hydrogens is 360 g/mol. The third-order valence-electron chi connectivity index (χ3n) is 4.24. The number of benzene rings is 2. The van der Waals surface area contributed by atoms with Gasteiger partial charge in [-0.05, 0) is 55.7 Å². The molecule has 0 aliphatic carbocycles. The van der Waals surface area contributed by atoms with Gasteiger partial charge in [-0.25, -0.2) is 8.42 Å². The summed E-state index contributed by atoms with van der Waals surface area (Å²) in [7, 11) is -3.77. The van der Waals surface area contributed by atoms with Crippen molar-refractivity contribution in [2.24, 2.45) is 0 Å². The summed E-state index contributed by atoms with van der Waals surface area (Å²) in [6.45, 7) is 2.32. The monoisotopic (exact) mass is 378 g/mol. The van der Waals surface area contributed by atoms with Crippen LogP contribution in [0.15, 0.2) is 47.4 Å². The van der Waals surface area contributed by atoms with Gasteiger partial charge in [0, 0.05) is 23.7 Å². The number of halogens is 1. The minimum atomic E-state index is -3.77. The SMILES string of the molecule is Cc1c(Cl)cccc1S(=O)(=O)Nc1cccc(N2CCCCC2=O)c1. The lowest BCUT2D eigenvalue weighted by Crippen LogP contribution is -2.35. The Hall–Kier alpha value is -2.05. The van der Waals surface area contributed by atoms with Crippen molar-refractivity contribution in [3.63, 3.8) is 0 Å². The average Bonchev–Trinajstić information content (AvgIpc) is 2.57. The number of carbonyl (C=O) groups excluding carboxylic acids is 1. The second-order valence-corrected chi connectivity index (χ2v) is 8.08. The number of nitrogens with one attached hydrogen (secondary N) is 1. The summed E-state index contributed by atoms with van der Waals surface area (Å²) in [5.74, 6) is 0.0666. The van der Waals surface area contributed by atoms with E-state index in [1.165, 1.54) is 6.07 Å². The molecule has 1 fully saturated rings. The summed E-state index contributed by atoms with van der Waals surface area (Å²) in [5.41, 5.74) is 1.61. The van der Waals surface area contributed by atoms with Gasteiger partial charge in [-0.15, -0.1) is 0 Å². The van der Waals surface area contributed by atoms with Crippen LogP contribution in [0.5, 0.6) is 0 Å². The molecule has 1 N–H and O–H groups in total. The minimum absolute atomic E-state index is 0.0666. The number of sulfonamides is 1. The van der Waals surface area contributed by atoms with E-state index in [0.29, 0.717) is 34.9 Å². The predicted molar refractivity (Wildman–Crippen MR) is 99.6 cm³/mol. The molecule has 2 aromatic carbocycles. The molecule has 7 heteroatoms. The molecule has 132 valence electrons. The molecule has 0 spiro atoms. The maximum Gasteiger partial charge on any atom is 0.262 e. The van der Waals surface area contributed by atoms with Crippen LogP contribution >= 0.6 is 11.6 Å². The first-order valence-corrected chi connectivity index (χ1v) is 9.93. The number of hydrogen-bond acceptors (Lipinski definition) is 3. The molecule has 0 unspecified atom stereocenters. The van der Waals surface area contributed by atoms with Gasteiger partial charge in [0.25, 0.3) is 10.0 Å². The molecule has 5 nitrogen and oxygen atoms in total. The van der Waals surface area contributed by atoms with Crippen molar-refractivity contribution >= 4 is 38.9 Å². The number of amides is 1. The van der Waals surface area contributed by atoms with Crippen LogP contribution in [0.2, 0.25) is 5.02 Å². The van der Waals surface area contributed by atoms with Gasteiger partial charge in [0.1, 0.15) is 0 Å². The lowest BCUT2D eigenvalue weighted by atomic mass is 10.1. The summed E-state index contributed by atoms with van der Waals surface area (Å²) < 4.78 is 27.9. The van der Waals surface area contributed by atoms with E-state index in [0.717, 1.165) is 12.8 Å². The zero-order valence-corrected chi connectivity index (χ0v) is 15.4. The standard InChI is InChI=1S/C18H19ClN2O3S/c1-13-16(19)8-5-9-17(13)25(23,24)20-14-6-4-7-15(12-14)21-11-3-2-10-18(21)22/h4-9,12,20H,2-3,10-11H2,1H3. The number of carbonyl (C=O) groups is 1. The molecule has 0 aromatic heterocycles. The molecule has 2 aromatic rings. The van der Waals surface area contributed by atoms with Crippen molar-refractivity contribution in [3.05, 3.63) is 53.1 Å². The highest BCUT2D eigenvalue weighted by Crippen LogP contribution is 2.27. The van der Waals surface area contributed by atoms with Crippen LogP contribution in [0, 0.1) is 6.92 Å². The lowest BCUT2D eigenvalue weighted by molar-refractivity contribution is -0.119.